The van der Waals surface area contributed by atoms with Crippen LogP contribution >= 0.6 is 0 Å². The summed E-state index contributed by atoms with van der Waals surface area (Å²) in [7, 11) is -0.169. The topological polar surface area (TPSA) is 100 Å². The van der Waals surface area contributed by atoms with Crippen LogP contribution in [-0.4, -0.2) is 54.9 Å². The van der Waals surface area contributed by atoms with Crippen LogP contribution in [0.4, 0.5) is 0 Å². The summed E-state index contributed by atoms with van der Waals surface area (Å²) in [5.74, 6) is 0.713. The van der Waals surface area contributed by atoms with Crippen molar-refractivity contribution in [1.82, 2.24) is 14.8 Å². The Kier molecular flexibility index (Phi) is 4.73. The summed E-state index contributed by atoms with van der Waals surface area (Å²) in [4.78, 5) is 17.6. The zero-order valence-corrected chi connectivity index (χ0v) is 18.2. The van der Waals surface area contributed by atoms with E-state index in [0.717, 1.165) is 24.1 Å². The Hall–Kier alpha value is -2.94. The lowest BCUT2D eigenvalue weighted by Gasteiger charge is -2.11. The van der Waals surface area contributed by atoms with Gasteiger partial charge in [-0.25, -0.2) is 22.9 Å². The van der Waals surface area contributed by atoms with Gasteiger partial charge in [-0.3, -0.25) is 0 Å². The van der Waals surface area contributed by atoms with Crippen molar-refractivity contribution in [1.29, 1.82) is 0 Å². The van der Waals surface area contributed by atoms with Gasteiger partial charge in [0, 0.05) is 17.2 Å². The van der Waals surface area contributed by atoms with Crippen LogP contribution in [0.3, 0.4) is 0 Å². The van der Waals surface area contributed by atoms with Crippen LogP contribution in [0.25, 0.3) is 22.3 Å². The lowest BCUT2D eigenvalue weighted by Crippen LogP contribution is -2.13. The van der Waals surface area contributed by atoms with E-state index in [1.54, 1.807) is 17.9 Å². The van der Waals surface area contributed by atoms with Gasteiger partial charge in [-0.05, 0) is 49.6 Å². The van der Waals surface area contributed by atoms with Crippen molar-refractivity contribution < 1.29 is 22.7 Å². The van der Waals surface area contributed by atoms with Crippen molar-refractivity contribution in [3.8, 4) is 17.0 Å². The minimum absolute atomic E-state index is 0.0225. The minimum Gasteiger partial charge on any atom is -0.497 e. The number of esters is 1. The van der Waals surface area contributed by atoms with E-state index in [2.05, 4.69) is 0 Å². The molecule has 2 aromatic heterocycles. The third kappa shape index (κ3) is 3.56. The van der Waals surface area contributed by atoms with Gasteiger partial charge in [-0.15, -0.1) is 0 Å². The number of carbonyl (C=O) groups excluding carboxylic acids is 1. The molecule has 1 saturated heterocycles. The second-order valence-electron chi connectivity index (χ2n) is 8.14. The molecule has 0 amide bonds. The average molecular weight is 442 g/mol. The second-order valence-corrected chi connectivity index (χ2v) is 10.4. The highest BCUT2D eigenvalue weighted by molar-refractivity contribution is 7.91. The Morgan fingerprint density at radius 1 is 1.13 bits per heavy atom. The molecule has 3 aromatic rings. The second kappa shape index (κ2) is 7.33. The first-order valence-electron chi connectivity index (χ1n) is 10.3. The molecule has 2 fully saturated rings. The Labute approximate surface area is 180 Å². The van der Waals surface area contributed by atoms with Crippen LogP contribution in [0, 0.1) is 0 Å². The average Bonchev–Trinajstić information content (AvgIpc) is 3.47. The molecular formula is C22H23N3O5S. The zero-order valence-electron chi connectivity index (χ0n) is 17.4. The molecule has 0 radical (unpaired) electrons. The highest BCUT2D eigenvalue weighted by atomic mass is 32.2. The Bertz CT molecular complexity index is 1280. The number of nitrogens with zero attached hydrogens (tertiary/aromatic N) is 3. The third-order valence-electron chi connectivity index (χ3n) is 6.00. The number of ether oxygens (including phenoxy) is 2. The first kappa shape index (κ1) is 20.0. The van der Waals surface area contributed by atoms with E-state index in [0.29, 0.717) is 40.4 Å². The predicted octanol–water partition coefficient (Wildman–Crippen LogP) is 3.13. The largest absolute Gasteiger partial charge is 0.497 e. The zero-order chi connectivity index (χ0) is 21.8. The fraction of sp³-hybridized carbons (Fsp3) is 0.409. The lowest BCUT2D eigenvalue weighted by molar-refractivity contribution is 0.0602. The first-order chi connectivity index (χ1) is 14.9. The molecular weight excluding hydrogens is 418 g/mol. The van der Waals surface area contributed by atoms with Gasteiger partial charge in [-0.2, -0.15) is 5.10 Å². The summed E-state index contributed by atoms with van der Waals surface area (Å²) >= 11 is 0. The molecule has 1 aromatic carbocycles. The van der Waals surface area contributed by atoms with Crippen molar-refractivity contribution >= 4 is 26.8 Å². The highest BCUT2D eigenvalue weighted by Crippen LogP contribution is 2.42. The van der Waals surface area contributed by atoms with Crippen molar-refractivity contribution in [3.05, 3.63) is 41.6 Å². The Balaban J connectivity index is 1.77. The SMILES string of the molecule is COC(=O)c1cc(C2CC2)nc2c1c(-c1ccc(OC)cc1)nn2C1CCS(=O)(=O)C1. The van der Waals surface area contributed by atoms with Crippen LogP contribution in [0.2, 0.25) is 0 Å². The van der Waals surface area contributed by atoms with Crippen LogP contribution in [0.1, 0.15) is 47.3 Å². The molecule has 1 aliphatic carbocycles. The molecule has 0 bridgehead atoms. The predicted molar refractivity (Wildman–Crippen MR) is 115 cm³/mol. The van der Waals surface area contributed by atoms with Crippen molar-refractivity contribution in [2.75, 3.05) is 25.7 Å². The summed E-state index contributed by atoms with van der Waals surface area (Å²) < 4.78 is 36.3. The molecule has 31 heavy (non-hydrogen) atoms. The molecule has 8 nitrogen and oxygen atoms in total. The number of rotatable bonds is 5. The van der Waals surface area contributed by atoms with E-state index in [4.69, 9.17) is 19.6 Å². The maximum atomic E-state index is 12.7. The summed E-state index contributed by atoms with van der Waals surface area (Å²) in [5.41, 5.74) is 3.15. The molecule has 3 heterocycles. The summed E-state index contributed by atoms with van der Waals surface area (Å²) in [6, 6.07) is 8.87. The van der Waals surface area contributed by atoms with Gasteiger partial charge >= 0.3 is 5.97 Å². The molecule has 0 N–H and O–H groups in total. The van der Waals surface area contributed by atoms with E-state index in [9.17, 15) is 13.2 Å². The molecule has 1 aliphatic heterocycles. The monoisotopic (exact) mass is 441 g/mol. The van der Waals surface area contributed by atoms with Gasteiger partial charge in [0.15, 0.2) is 15.5 Å². The van der Waals surface area contributed by atoms with E-state index in [1.165, 1.54) is 7.11 Å². The standard InChI is InChI=1S/C22H23N3O5S/c1-29-16-7-5-14(6-8-16)20-19-17(22(26)30-2)11-18(13-3-4-13)23-21(19)25(24-20)15-9-10-31(27,28)12-15/h5-8,11,13,15H,3-4,9-10,12H2,1-2H3. The quantitative estimate of drug-likeness (QED) is 0.561. The van der Waals surface area contributed by atoms with Gasteiger partial charge in [0.2, 0.25) is 0 Å². The van der Waals surface area contributed by atoms with Crippen molar-refractivity contribution in [2.45, 2.75) is 31.2 Å². The number of hydrogen-bond acceptors (Lipinski definition) is 7. The third-order valence-corrected chi connectivity index (χ3v) is 7.75. The molecule has 1 saturated carbocycles. The van der Waals surface area contributed by atoms with Crippen molar-refractivity contribution in [2.24, 2.45) is 0 Å². The van der Waals surface area contributed by atoms with Crippen LogP contribution in [0.15, 0.2) is 30.3 Å². The number of carbonyl (C=O) groups is 1. The van der Waals surface area contributed by atoms with E-state index >= 15 is 0 Å². The number of benzene rings is 1. The molecule has 5 rings (SSSR count). The lowest BCUT2D eigenvalue weighted by atomic mass is 10.0. The van der Waals surface area contributed by atoms with Gasteiger partial charge < -0.3 is 9.47 Å². The minimum atomic E-state index is -3.12. The molecule has 9 heteroatoms. The Morgan fingerprint density at radius 3 is 2.45 bits per heavy atom. The van der Waals surface area contributed by atoms with Gasteiger partial charge in [0.25, 0.3) is 0 Å². The fourth-order valence-corrected chi connectivity index (χ4v) is 5.88. The molecule has 1 unspecified atom stereocenters. The summed E-state index contributed by atoms with van der Waals surface area (Å²) in [6.45, 7) is 0. The van der Waals surface area contributed by atoms with E-state index < -0.39 is 15.8 Å². The summed E-state index contributed by atoms with van der Waals surface area (Å²) in [5, 5.41) is 5.39. The van der Waals surface area contributed by atoms with Gasteiger partial charge in [0.05, 0.1) is 42.7 Å². The molecule has 2 aliphatic rings. The maximum absolute atomic E-state index is 12.7. The Morgan fingerprint density at radius 2 is 1.87 bits per heavy atom. The number of pyridine rings is 1. The number of fused-ring (bicyclic) bond motifs is 1. The number of aromatic nitrogens is 3. The summed E-state index contributed by atoms with van der Waals surface area (Å²) in [6.07, 6.45) is 2.52. The molecule has 1 atom stereocenters. The smallest absolute Gasteiger partial charge is 0.338 e. The number of hydrogen-bond donors (Lipinski definition) is 0. The van der Waals surface area contributed by atoms with Crippen LogP contribution in [0.5, 0.6) is 5.75 Å². The number of sulfone groups is 1. The maximum Gasteiger partial charge on any atom is 0.338 e. The highest BCUT2D eigenvalue weighted by Gasteiger charge is 2.34. The fourth-order valence-electron chi connectivity index (χ4n) is 4.19. The van der Waals surface area contributed by atoms with E-state index in [-0.39, 0.29) is 17.5 Å². The van der Waals surface area contributed by atoms with Gasteiger partial charge in [-0.1, -0.05) is 0 Å². The van der Waals surface area contributed by atoms with Crippen LogP contribution in [-0.2, 0) is 14.6 Å². The number of methoxy groups -OCH3 is 2. The van der Waals surface area contributed by atoms with Crippen LogP contribution < -0.4 is 4.74 Å². The molecule has 162 valence electrons. The molecule has 0 spiro atoms. The van der Waals surface area contributed by atoms with Crippen molar-refractivity contribution in [3.63, 3.8) is 0 Å². The normalized spacial score (nSPS) is 20.1. The first-order valence-corrected chi connectivity index (χ1v) is 12.1. The van der Waals surface area contributed by atoms with E-state index in [1.807, 2.05) is 24.3 Å². The van der Waals surface area contributed by atoms with Gasteiger partial charge in [0.1, 0.15) is 11.4 Å².